The average molecular weight is 325 g/mol. The summed E-state index contributed by atoms with van der Waals surface area (Å²) in [6, 6.07) is 18.8. The number of halogens is 1. The van der Waals surface area contributed by atoms with Crippen LogP contribution in [0.3, 0.4) is 0 Å². The van der Waals surface area contributed by atoms with E-state index in [1.165, 1.54) is 11.4 Å². The van der Waals surface area contributed by atoms with Crippen LogP contribution in [0.25, 0.3) is 5.69 Å². The molecule has 0 aliphatic heterocycles. The zero-order chi connectivity index (χ0) is 16.4. The molecule has 0 bridgehead atoms. The molecule has 23 heavy (non-hydrogen) atoms. The van der Waals surface area contributed by atoms with Gasteiger partial charge in [-0.1, -0.05) is 17.7 Å². The fourth-order valence-corrected chi connectivity index (χ4v) is 2.80. The van der Waals surface area contributed by atoms with Gasteiger partial charge < -0.3 is 9.88 Å². The lowest BCUT2D eigenvalue weighted by molar-refractivity contribution is 0.102. The van der Waals surface area contributed by atoms with E-state index in [0.29, 0.717) is 16.3 Å². The van der Waals surface area contributed by atoms with Crippen molar-refractivity contribution >= 4 is 23.2 Å². The van der Waals surface area contributed by atoms with E-state index in [0.717, 1.165) is 5.69 Å². The third kappa shape index (κ3) is 3.30. The highest BCUT2D eigenvalue weighted by atomic mass is 35.5. The molecule has 3 nitrogen and oxygen atoms in total. The smallest absolute Gasteiger partial charge is 0.255 e. The van der Waals surface area contributed by atoms with Crippen molar-refractivity contribution in [3.8, 4) is 5.69 Å². The number of carbonyl (C=O) groups is 1. The molecule has 3 aromatic rings. The number of nitrogens with zero attached hydrogens (tertiary/aromatic N) is 1. The molecule has 1 heterocycles. The first kappa shape index (κ1) is 15.4. The van der Waals surface area contributed by atoms with Gasteiger partial charge in [0.25, 0.3) is 5.91 Å². The van der Waals surface area contributed by atoms with Gasteiger partial charge >= 0.3 is 0 Å². The van der Waals surface area contributed by atoms with E-state index in [2.05, 4.69) is 35.9 Å². The largest absolute Gasteiger partial charge is 0.322 e. The minimum Gasteiger partial charge on any atom is -0.322 e. The number of nitrogens with one attached hydrogen (secondary N) is 1. The molecule has 0 aliphatic rings. The molecule has 0 atom stereocenters. The number of rotatable bonds is 3. The first-order valence-corrected chi connectivity index (χ1v) is 7.75. The predicted molar refractivity (Wildman–Crippen MR) is 94.6 cm³/mol. The second-order valence-corrected chi connectivity index (χ2v) is 5.90. The molecule has 0 saturated carbocycles. The Morgan fingerprint density at radius 2 is 1.61 bits per heavy atom. The molecule has 0 unspecified atom stereocenters. The van der Waals surface area contributed by atoms with Gasteiger partial charge in [-0.15, -0.1) is 0 Å². The summed E-state index contributed by atoms with van der Waals surface area (Å²) in [4.78, 5) is 12.3. The van der Waals surface area contributed by atoms with Crippen LogP contribution in [-0.4, -0.2) is 10.5 Å². The van der Waals surface area contributed by atoms with Gasteiger partial charge in [-0.2, -0.15) is 0 Å². The zero-order valence-electron chi connectivity index (χ0n) is 13.0. The van der Waals surface area contributed by atoms with Crippen molar-refractivity contribution in [1.82, 2.24) is 4.57 Å². The van der Waals surface area contributed by atoms with Crippen molar-refractivity contribution in [2.24, 2.45) is 0 Å². The third-order valence-electron chi connectivity index (χ3n) is 3.74. The standard InChI is InChI=1S/C19H17ClN2O/c1-13-6-7-14(2)22(13)18-10-8-15(9-11-18)19(23)21-17-5-3-4-16(20)12-17/h3-12H,1-2H3,(H,21,23). The van der Waals surface area contributed by atoms with E-state index in [1.807, 2.05) is 30.3 Å². The molecule has 0 fully saturated rings. The van der Waals surface area contributed by atoms with Gasteiger partial charge in [0.15, 0.2) is 0 Å². The minimum atomic E-state index is -0.153. The number of aryl methyl sites for hydroxylation is 2. The quantitative estimate of drug-likeness (QED) is 0.722. The van der Waals surface area contributed by atoms with Gasteiger partial charge in [-0.25, -0.2) is 0 Å². The molecule has 0 radical (unpaired) electrons. The van der Waals surface area contributed by atoms with Crippen LogP contribution in [0.5, 0.6) is 0 Å². The number of hydrogen-bond donors (Lipinski definition) is 1. The average Bonchev–Trinajstić information content (AvgIpc) is 2.86. The van der Waals surface area contributed by atoms with Crippen molar-refractivity contribution in [2.75, 3.05) is 5.32 Å². The van der Waals surface area contributed by atoms with Gasteiger partial charge in [0.05, 0.1) is 0 Å². The van der Waals surface area contributed by atoms with Crippen LogP contribution in [0.1, 0.15) is 21.7 Å². The second kappa shape index (κ2) is 6.31. The molecule has 116 valence electrons. The van der Waals surface area contributed by atoms with Crippen molar-refractivity contribution in [3.05, 3.63) is 82.6 Å². The minimum absolute atomic E-state index is 0.153. The van der Waals surface area contributed by atoms with E-state index in [4.69, 9.17) is 11.6 Å². The van der Waals surface area contributed by atoms with Gasteiger partial charge in [-0.05, 0) is 68.4 Å². The Labute approximate surface area is 140 Å². The highest BCUT2D eigenvalue weighted by molar-refractivity contribution is 6.30. The van der Waals surface area contributed by atoms with Crippen LogP contribution in [0.2, 0.25) is 5.02 Å². The lowest BCUT2D eigenvalue weighted by Gasteiger charge is -2.10. The predicted octanol–water partition coefficient (Wildman–Crippen LogP) is 5.00. The fraction of sp³-hybridized carbons (Fsp3) is 0.105. The Hall–Kier alpha value is -2.52. The van der Waals surface area contributed by atoms with Gasteiger partial charge in [0, 0.05) is 33.3 Å². The van der Waals surface area contributed by atoms with Gasteiger partial charge in [0.1, 0.15) is 0 Å². The van der Waals surface area contributed by atoms with Crippen molar-refractivity contribution in [2.45, 2.75) is 13.8 Å². The summed E-state index contributed by atoms with van der Waals surface area (Å²) in [5.41, 5.74) is 4.67. The Morgan fingerprint density at radius 3 is 2.22 bits per heavy atom. The van der Waals surface area contributed by atoms with Crippen LogP contribution in [0, 0.1) is 13.8 Å². The van der Waals surface area contributed by atoms with E-state index >= 15 is 0 Å². The number of amides is 1. The SMILES string of the molecule is Cc1ccc(C)n1-c1ccc(C(=O)Nc2cccc(Cl)c2)cc1. The molecule has 1 N–H and O–H groups in total. The molecule has 0 aliphatic carbocycles. The highest BCUT2D eigenvalue weighted by Gasteiger charge is 2.08. The molecule has 1 aromatic heterocycles. The third-order valence-corrected chi connectivity index (χ3v) is 3.98. The molecule has 0 saturated heterocycles. The summed E-state index contributed by atoms with van der Waals surface area (Å²) < 4.78 is 2.15. The summed E-state index contributed by atoms with van der Waals surface area (Å²) >= 11 is 5.93. The molecule has 0 spiro atoms. The maximum atomic E-state index is 12.3. The molecular weight excluding hydrogens is 308 g/mol. The monoisotopic (exact) mass is 324 g/mol. The lowest BCUT2D eigenvalue weighted by Crippen LogP contribution is -2.12. The molecular formula is C19H17ClN2O. The Morgan fingerprint density at radius 1 is 0.957 bits per heavy atom. The van der Waals surface area contributed by atoms with Crippen LogP contribution in [0.15, 0.2) is 60.7 Å². The topological polar surface area (TPSA) is 34.0 Å². The second-order valence-electron chi connectivity index (χ2n) is 5.46. The van der Waals surface area contributed by atoms with Crippen molar-refractivity contribution in [1.29, 1.82) is 0 Å². The van der Waals surface area contributed by atoms with Crippen LogP contribution < -0.4 is 5.32 Å². The first-order valence-electron chi connectivity index (χ1n) is 7.37. The number of benzene rings is 2. The Bertz CT molecular complexity index is 831. The number of hydrogen-bond acceptors (Lipinski definition) is 1. The van der Waals surface area contributed by atoms with Crippen LogP contribution in [-0.2, 0) is 0 Å². The summed E-state index contributed by atoms with van der Waals surface area (Å²) in [6.45, 7) is 4.12. The summed E-state index contributed by atoms with van der Waals surface area (Å²) in [7, 11) is 0. The number of anilines is 1. The normalized spacial score (nSPS) is 10.6. The van der Waals surface area contributed by atoms with E-state index in [9.17, 15) is 4.79 Å². The maximum Gasteiger partial charge on any atom is 0.255 e. The van der Waals surface area contributed by atoms with Crippen LogP contribution >= 0.6 is 11.6 Å². The zero-order valence-corrected chi connectivity index (χ0v) is 13.8. The summed E-state index contributed by atoms with van der Waals surface area (Å²) in [5, 5.41) is 3.44. The molecule has 1 amide bonds. The number of carbonyl (C=O) groups excluding carboxylic acids is 1. The van der Waals surface area contributed by atoms with E-state index in [1.54, 1.807) is 18.2 Å². The molecule has 4 heteroatoms. The number of aromatic nitrogens is 1. The maximum absolute atomic E-state index is 12.3. The highest BCUT2D eigenvalue weighted by Crippen LogP contribution is 2.19. The molecule has 2 aromatic carbocycles. The summed E-state index contributed by atoms with van der Waals surface area (Å²) in [5.74, 6) is -0.153. The van der Waals surface area contributed by atoms with Crippen molar-refractivity contribution in [3.63, 3.8) is 0 Å². The fourth-order valence-electron chi connectivity index (χ4n) is 2.61. The summed E-state index contributed by atoms with van der Waals surface area (Å²) in [6.07, 6.45) is 0. The van der Waals surface area contributed by atoms with E-state index < -0.39 is 0 Å². The van der Waals surface area contributed by atoms with Crippen LogP contribution in [0.4, 0.5) is 5.69 Å². The van der Waals surface area contributed by atoms with E-state index in [-0.39, 0.29) is 5.91 Å². The Balaban J connectivity index is 1.81. The van der Waals surface area contributed by atoms with Gasteiger partial charge in [-0.3, -0.25) is 4.79 Å². The first-order chi connectivity index (χ1) is 11.0. The lowest BCUT2D eigenvalue weighted by atomic mass is 10.2. The van der Waals surface area contributed by atoms with Crippen molar-refractivity contribution < 1.29 is 4.79 Å². The van der Waals surface area contributed by atoms with Gasteiger partial charge in [0.2, 0.25) is 0 Å². The molecule has 3 rings (SSSR count). The Kier molecular flexibility index (Phi) is 4.22.